The van der Waals surface area contributed by atoms with Gasteiger partial charge in [-0.1, -0.05) is 31.2 Å². The van der Waals surface area contributed by atoms with E-state index in [-0.39, 0.29) is 10.7 Å². The molecule has 0 saturated carbocycles. The van der Waals surface area contributed by atoms with Crippen LogP contribution in [0.15, 0.2) is 47.4 Å². The highest BCUT2D eigenvalue weighted by Gasteiger charge is 2.16. The molecule has 2 aromatic rings. The number of sulfonamides is 1. The van der Waals surface area contributed by atoms with E-state index in [2.05, 4.69) is 4.72 Å². The van der Waals surface area contributed by atoms with Gasteiger partial charge in [0.2, 0.25) is 0 Å². The molecule has 0 atom stereocenters. The zero-order valence-electron chi connectivity index (χ0n) is 12.9. The first kappa shape index (κ1) is 16.2. The van der Waals surface area contributed by atoms with Crippen LogP contribution in [0.3, 0.4) is 0 Å². The Labute approximate surface area is 131 Å². The maximum Gasteiger partial charge on any atom is 0.261 e. The van der Waals surface area contributed by atoms with E-state index in [0.29, 0.717) is 17.7 Å². The number of nitrogens with one attached hydrogen (secondary N) is 1. The topological polar surface area (TPSA) is 63.2 Å². The van der Waals surface area contributed by atoms with Crippen molar-refractivity contribution in [1.29, 1.82) is 0 Å². The maximum atomic E-state index is 12.4. The Morgan fingerprint density at radius 2 is 1.68 bits per heavy atom. The lowest BCUT2D eigenvalue weighted by Crippen LogP contribution is -2.14. The normalized spacial score (nSPS) is 11.2. The van der Waals surface area contributed by atoms with Gasteiger partial charge >= 0.3 is 0 Å². The lowest BCUT2D eigenvalue weighted by molar-refractivity contribution is 0.0988. The van der Waals surface area contributed by atoms with Crippen molar-refractivity contribution in [2.45, 2.75) is 32.1 Å². The SMILES string of the molecule is CCC(=O)c1ccc(S(=O)(=O)Nc2cccc(C)c2C)cc1. The van der Waals surface area contributed by atoms with E-state index in [4.69, 9.17) is 0 Å². The fourth-order valence-electron chi connectivity index (χ4n) is 2.09. The second-order valence-corrected chi connectivity index (χ2v) is 6.84. The number of benzene rings is 2. The number of hydrogen-bond donors (Lipinski definition) is 1. The van der Waals surface area contributed by atoms with Crippen molar-refractivity contribution in [2.24, 2.45) is 0 Å². The molecule has 4 nitrogen and oxygen atoms in total. The molecule has 0 radical (unpaired) electrons. The zero-order chi connectivity index (χ0) is 16.3. The van der Waals surface area contributed by atoms with Crippen molar-refractivity contribution in [1.82, 2.24) is 0 Å². The molecule has 0 saturated heterocycles. The predicted molar refractivity (Wildman–Crippen MR) is 87.8 cm³/mol. The number of anilines is 1. The summed E-state index contributed by atoms with van der Waals surface area (Å²) in [7, 11) is -3.66. The van der Waals surface area contributed by atoms with Crippen molar-refractivity contribution in [3.63, 3.8) is 0 Å². The Morgan fingerprint density at radius 1 is 1.05 bits per heavy atom. The van der Waals surface area contributed by atoms with Gasteiger partial charge in [0.05, 0.1) is 10.6 Å². The van der Waals surface area contributed by atoms with Crippen LogP contribution in [0, 0.1) is 13.8 Å². The maximum absolute atomic E-state index is 12.4. The van der Waals surface area contributed by atoms with Gasteiger partial charge < -0.3 is 0 Å². The predicted octanol–water partition coefficient (Wildman–Crippen LogP) is 3.70. The summed E-state index contributed by atoms with van der Waals surface area (Å²) < 4.78 is 27.4. The quantitative estimate of drug-likeness (QED) is 0.855. The van der Waals surface area contributed by atoms with Crippen LogP contribution in [-0.4, -0.2) is 14.2 Å². The molecule has 2 aromatic carbocycles. The average Bonchev–Trinajstić information content (AvgIpc) is 2.51. The molecular weight excluding hydrogens is 298 g/mol. The summed E-state index contributed by atoms with van der Waals surface area (Å²) >= 11 is 0. The third-order valence-corrected chi connectivity index (χ3v) is 5.04. The van der Waals surface area contributed by atoms with Crippen molar-refractivity contribution in [2.75, 3.05) is 4.72 Å². The van der Waals surface area contributed by atoms with Crippen LogP contribution in [0.5, 0.6) is 0 Å². The fourth-order valence-corrected chi connectivity index (χ4v) is 3.21. The third-order valence-electron chi connectivity index (χ3n) is 3.66. The highest BCUT2D eigenvalue weighted by atomic mass is 32.2. The molecule has 0 spiro atoms. The van der Waals surface area contributed by atoms with Crippen molar-refractivity contribution in [3.05, 3.63) is 59.2 Å². The van der Waals surface area contributed by atoms with Crippen LogP contribution < -0.4 is 4.72 Å². The first-order valence-corrected chi connectivity index (χ1v) is 8.55. The van der Waals surface area contributed by atoms with Gasteiger partial charge in [0.1, 0.15) is 0 Å². The summed E-state index contributed by atoms with van der Waals surface area (Å²) in [5.41, 5.74) is 3.00. The molecule has 1 N–H and O–H groups in total. The molecule has 0 amide bonds. The van der Waals surface area contributed by atoms with E-state index >= 15 is 0 Å². The van der Waals surface area contributed by atoms with Crippen molar-refractivity contribution in [3.8, 4) is 0 Å². The largest absolute Gasteiger partial charge is 0.294 e. The highest BCUT2D eigenvalue weighted by Crippen LogP contribution is 2.22. The second-order valence-electron chi connectivity index (χ2n) is 5.15. The Hall–Kier alpha value is -2.14. The minimum atomic E-state index is -3.66. The summed E-state index contributed by atoms with van der Waals surface area (Å²) in [5, 5.41) is 0. The van der Waals surface area contributed by atoms with Crippen LogP contribution >= 0.6 is 0 Å². The number of carbonyl (C=O) groups excluding carboxylic acids is 1. The van der Waals surface area contributed by atoms with Gasteiger partial charge in [-0.15, -0.1) is 0 Å². The van der Waals surface area contributed by atoms with E-state index in [0.717, 1.165) is 11.1 Å². The molecular formula is C17H19NO3S. The van der Waals surface area contributed by atoms with E-state index in [1.54, 1.807) is 25.1 Å². The van der Waals surface area contributed by atoms with Gasteiger partial charge in [-0.25, -0.2) is 8.42 Å². The second kappa shape index (κ2) is 6.32. The van der Waals surface area contributed by atoms with Crippen LogP contribution in [-0.2, 0) is 10.0 Å². The summed E-state index contributed by atoms with van der Waals surface area (Å²) in [6.45, 7) is 5.57. The Kier molecular flexibility index (Phi) is 4.66. The molecule has 116 valence electrons. The van der Waals surface area contributed by atoms with Crippen LogP contribution in [0.25, 0.3) is 0 Å². The van der Waals surface area contributed by atoms with Crippen LogP contribution in [0.1, 0.15) is 34.8 Å². The summed E-state index contributed by atoms with van der Waals surface area (Å²) in [4.78, 5) is 11.7. The highest BCUT2D eigenvalue weighted by molar-refractivity contribution is 7.92. The Morgan fingerprint density at radius 3 is 2.27 bits per heavy atom. The van der Waals surface area contributed by atoms with E-state index in [1.807, 2.05) is 26.0 Å². The van der Waals surface area contributed by atoms with Crippen LogP contribution in [0.2, 0.25) is 0 Å². The lowest BCUT2D eigenvalue weighted by atomic mass is 10.1. The van der Waals surface area contributed by atoms with Gasteiger partial charge in [0.15, 0.2) is 5.78 Å². The first-order valence-electron chi connectivity index (χ1n) is 7.07. The number of rotatable bonds is 5. The fraction of sp³-hybridized carbons (Fsp3) is 0.235. The van der Waals surface area contributed by atoms with Crippen molar-refractivity contribution < 1.29 is 13.2 Å². The molecule has 22 heavy (non-hydrogen) atoms. The smallest absolute Gasteiger partial charge is 0.261 e. The third kappa shape index (κ3) is 3.36. The van der Waals surface area contributed by atoms with E-state index in [9.17, 15) is 13.2 Å². The molecule has 0 aliphatic heterocycles. The molecule has 2 rings (SSSR count). The summed E-state index contributed by atoms with van der Waals surface area (Å²) in [5.74, 6) is -0.00793. The minimum Gasteiger partial charge on any atom is -0.294 e. The first-order chi connectivity index (χ1) is 10.3. The number of carbonyl (C=O) groups is 1. The number of ketones is 1. The van der Waals surface area contributed by atoms with E-state index in [1.165, 1.54) is 12.1 Å². The molecule has 0 unspecified atom stereocenters. The average molecular weight is 317 g/mol. The minimum absolute atomic E-state index is 0.00793. The molecule has 0 fully saturated rings. The molecule has 0 aromatic heterocycles. The lowest BCUT2D eigenvalue weighted by Gasteiger charge is -2.12. The number of hydrogen-bond acceptors (Lipinski definition) is 3. The summed E-state index contributed by atoms with van der Waals surface area (Å²) in [6, 6.07) is 11.5. The van der Waals surface area contributed by atoms with Gasteiger partial charge in [-0.05, 0) is 43.2 Å². The summed E-state index contributed by atoms with van der Waals surface area (Å²) in [6.07, 6.45) is 0.396. The van der Waals surface area contributed by atoms with Gasteiger partial charge in [0.25, 0.3) is 10.0 Å². The standard InChI is InChI=1S/C17H19NO3S/c1-4-17(19)14-8-10-15(11-9-14)22(20,21)18-16-7-5-6-12(2)13(16)3/h5-11,18H,4H2,1-3H3. The van der Waals surface area contributed by atoms with E-state index < -0.39 is 10.0 Å². The molecule has 0 aliphatic carbocycles. The number of Topliss-reactive ketones (excluding diaryl/α,β-unsaturated/α-hetero) is 1. The number of aryl methyl sites for hydroxylation is 1. The molecule has 5 heteroatoms. The Bertz CT molecular complexity index is 793. The molecule has 0 bridgehead atoms. The van der Waals surface area contributed by atoms with Crippen molar-refractivity contribution >= 4 is 21.5 Å². The monoisotopic (exact) mass is 317 g/mol. The van der Waals surface area contributed by atoms with Crippen LogP contribution in [0.4, 0.5) is 5.69 Å². The Balaban J connectivity index is 2.31. The van der Waals surface area contributed by atoms with Gasteiger partial charge in [-0.3, -0.25) is 9.52 Å². The zero-order valence-corrected chi connectivity index (χ0v) is 13.7. The van der Waals surface area contributed by atoms with Gasteiger partial charge in [-0.2, -0.15) is 0 Å². The van der Waals surface area contributed by atoms with Gasteiger partial charge in [0, 0.05) is 12.0 Å². The molecule has 0 heterocycles. The molecule has 0 aliphatic rings.